The number of ether oxygens (including phenoxy) is 1. The van der Waals surface area contributed by atoms with E-state index < -0.39 is 0 Å². The molecule has 2 aliphatic rings. The van der Waals surface area contributed by atoms with Gasteiger partial charge in [0.1, 0.15) is 0 Å². The highest BCUT2D eigenvalue weighted by atomic mass is 35.5. The summed E-state index contributed by atoms with van der Waals surface area (Å²) in [5.41, 5.74) is 3.46. The molecule has 0 atom stereocenters. The summed E-state index contributed by atoms with van der Waals surface area (Å²) in [6.45, 7) is 3.85. The molecule has 4 heteroatoms. The minimum Gasteiger partial charge on any atom is -0.370 e. The van der Waals surface area contributed by atoms with Gasteiger partial charge in [-0.3, -0.25) is 0 Å². The van der Waals surface area contributed by atoms with Crippen molar-refractivity contribution in [2.24, 2.45) is 4.99 Å². The van der Waals surface area contributed by atoms with Crippen molar-refractivity contribution in [3.8, 4) is 0 Å². The number of benzene rings is 1. The zero-order chi connectivity index (χ0) is 15.6. The van der Waals surface area contributed by atoms with E-state index in [0.717, 1.165) is 43.1 Å². The summed E-state index contributed by atoms with van der Waals surface area (Å²) in [6.07, 6.45) is 8.87. The van der Waals surface area contributed by atoms with E-state index in [4.69, 9.17) is 16.3 Å². The van der Waals surface area contributed by atoms with Crippen LogP contribution in [-0.4, -0.2) is 31.4 Å². The Labute approximate surface area is 138 Å². The van der Waals surface area contributed by atoms with Gasteiger partial charge in [0.15, 0.2) is 0 Å². The highest BCUT2D eigenvalue weighted by Crippen LogP contribution is 2.46. The fraction of sp³-hybridized carbons (Fsp3) is 0.611. The van der Waals surface area contributed by atoms with E-state index in [-0.39, 0.29) is 5.60 Å². The maximum absolute atomic E-state index is 6.50. The lowest BCUT2D eigenvalue weighted by atomic mass is 9.76. The molecular formula is C18H25ClN2O. The molecule has 1 aromatic carbocycles. The first-order chi connectivity index (χ1) is 10.6. The van der Waals surface area contributed by atoms with Crippen LogP contribution in [-0.2, 0) is 16.8 Å². The molecule has 1 aliphatic carbocycles. The first kappa shape index (κ1) is 15.8. The van der Waals surface area contributed by atoms with Crippen LogP contribution in [0.5, 0.6) is 0 Å². The lowest BCUT2D eigenvalue weighted by Crippen LogP contribution is -2.37. The molecule has 22 heavy (non-hydrogen) atoms. The average molecular weight is 321 g/mol. The van der Waals surface area contributed by atoms with Gasteiger partial charge in [-0.25, -0.2) is 4.99 Å². The van der Waals surface area contributed by atoms with Crippen LogP contribution in [0.15, 0.2) is 17.1 Å². The number of fused-ring (bicyclic) bond motifs is 2. The van der Waals surface area contributed by atoms with E-state index in [9.17, 15) is 0 Å². The zero-order valence-corrected chi connectivity index (χ0v) is 14.3. The van der Waals surface area contributed by atoms with Crippen molar-refractivity contribution < 1.29 is 4.74 Å². The summed E-state index contributed by atoms with van der Waals surface area (Å²) in [5, 5.41) is 0.731. The monoisotopic (exact) mass is 320 g/mol. The molecular weight excluding hydrogens is 296 g/mol. The van der Waals surface area contributed by atoms with Crippen molar-refractivity contribution in [3.63, 3.8) is 0 Å². The first-order valence-corrected chi connectivity index (χ1v) is 8.74. The third kappa shape index (κ3) is 3.02. The summed E-state index contributed by atoms with van der Waals surface area (Å²) >= 11 is 6.50. The van der Waals surface area contributed by atoms with Gasteiger partial charge in [-0.2, -0.15) is 0 Å². The molecule has 0 amide bonds. The Balaban J connectivity index is 1.95. The van der Waals surface area contributed by atoms with E-state index in [0.29, 0.717) is 0 Å². The fourth-order valence-corrected chi connectivity index (χ4v) is 3.76. The molecule has 1 saturated carbocycles. The minimum atomic E-state index is -0.0854. The molecule has 1 fully saturated rings. The fourth-order valence-electron chi connectivity index (χ4n) is 3.55. The summed E-state index contributed by atoms with van der Waals surface area (Å²) in [4.78, 5) is 6.59. The Morgan fingerprint density at radius 1 is 1.32 bits per heavy atom. The Morgan fingerprint density at radius 3 is 2.82 bits per heavy atom. The zero-order valence-electron chi connectivity index (χ0n) is 13.6. The Kier molecular flexibility index (Phi) is 4.74. The molecule has 0 unspecified atom stereocenters. The molecule has 1 spiro atoms. The van der Waals surface area contributed by atoms with Crippen molar-refractivity contribution in [2.75, 3.05) is 20.2 Å². The van der Waals surface area contributed by atoms with E-state index in [1.165, 1.54) is 30.4 Å². The second kappa shape index (κ2) is 6.59. The summed E-state index contributed by atoms with van der Waals surface area (Å²) in [5.74, 6) is 0. The third-order valence-electron chi connectivity index (χ3n) is 4.97. The van der Waals surface area contributed by atoms with Crippen LogP contribution in [0.25, 0.3) is 0 Å². The number of hydrogen-bond acceptors (Lipinski definition) is 2. The second-order valence-corrected chi connectivity index (χ2v) is 6.84. The topological polar surface area (TPSA) is 24.8 Å². The van der Waals surface area contributed by atoms with Crippen LogP contribution in [0, 0.1) is 0 Å². The second-order valence-electron chi connectivity index (χ2n) is 6.43. The third-order valence-corrected chi connectivity index (χ3v) is 5.27. The van der Waals surface area contributed by atoms with Crippen molar-refractivity contribution in [1.82, 2.24) is 4.90 Å². The predicted molar refractivity (Wildman–Crippen MR) is 92.3 cm³/mol. The van der Waals surface area contributed by atoms with Crippen LogP contribution in [0.3, 0.4) is 0 Å². The molecule has 120 valence electrons. The minimum absolute atomic E-state index is 0.0854. The summed E-state index contributed by atoms with van der Waals surface area (Å²) in [6, 6.07) is 4.27. The lowest BCUT2D eigenvalue weighted by Gasteiger charge is -2.42. The van der Waals surface area contributed by atoms with Gasteiger partial charge in [0.2, 0.25) is 0 Å². The standard InChI is InChI=1S/C18H25ClN2O/c1-3-21(2)13-20-17-11-14-7-10-22-18(8-5-4-6-9-18)15(14)12-16(17)19/h11-13H,3-10H2,1-2H3/b20-13+. The number of nitrogens with zero attached hydrogens (tertiary/aromatic N) is 2. The van der Waals surface area contributed by atoms with Crippen molar-refractivity contribution in [3.05, 3.63) is 28.3 Å². The van der Waals surface area contributed by atoms with E-state index >= 15 is 0 Å². The van der Waals surface area contributed by atoms with E-state index in [1.54, 1.807) is 0 Å². The largest absolute Gasteiger partial charge is 0.370 e. The molecule has 0 aromatic heterocycles. The number of aliphatic imine (C=N–C) groups is 1. The molecule has 1 heterocycles. The maximum Gasteiger partial charge on any atom is 0.0934 e. The van der Waals surface area contributed by atoms with Crippen LogP contribution in [0.2, 0.25) is 5.02 Å². The highest BCUT2D eigenvalue weighted by Gasteiger charge is 2.39. The van der Waals surface area contributed by atoms with Gasteiger partial charge in [-0.05, 0) is 49.4 Å². The smallest absolute Gasteiger partial charge is 0.0934 e. The van der Waals surface area contributed by atoms with Crippen molar-refractivity contribution >= 4 is 23.6 Å². The molecule has 1 aliphatic heterocycles. The number of halogens is 1. The first-order valence-electron chi connectivity index (χ1n) is 8.36. The Morgan fingerprint density at radius 2 is 2.09 bits per heavy atom. The lowest BCUT2D eigenvalue weighted by molar-refractivity contribution is -0.0847. The number of hydrogen-bond donors (Lipinski definition) is 0. The normalized spacial score (nSPS) is 20.3. The molecule has 1 aromatic rings. The summed E-state index contributed by atoms with van der Waals surface area (Å²) in [7, 11) is 2.01. The van der Waals surface area contributed by atoms with Gasteiger partial charge in [0, 0.05) is 13.6 Å². The molecule has 3 rings (SSSR count). The van der Waals surface area contributed by atoms with Gasteiger partial charge >= 0.3 is 0 Å². The van der Waals surface area contributed by atoms with Gasteiger partial charge in [-0.15, -0.1) is 0 Å². The van der Waals surface area contributed by atoms with Crippen LogP contribution < -0.4 is 0 Å². The van der Waals surface area contributed by atoms with Crippen molar-refractivity contribution in [2.45, 2.75) is 51.0 Å². The Bertz CT molecular complexity index is 564. The molecule has 0 radical (unpaired) electrons. The van der Waals surface area contributed by atoms with Crippen LogP contribution in [0.1, 0.15) is 50.2 Å². The van der Waals surface area contributed by atoms with E-state index in [2.05, 4.69) is 24.0 Å². The number of rotatable bonds is 3. The van der Waals surface area contributed by atoms with Crippen LogP contribution in [0.4, 0.5) is 5.69 Å². The predicted octanol–water partition coefficient (Wildman–Crippen LogP) is 4.68. The summed E-state index contributed by atoms with van der Waals surface area (Å²) < 4.78 is 6.24. The van der Waals surface area contributed by atoms with E-state index in [1.807, 2.05) is 18.3 Å². The van der Waals surface area contributed by atoms with Crippen molar-refractivity contribution in [1.29, 1.82) is 0 Å². The quantitative estimate of drug-likeness (QED) is 0.596. The van der Waals surface area contributed by atoms with Crippen LogP contribution >= 0.6 is 11.6 Å². The average Bonchev–Trinajstić information content (AvgIpc) is 2.54. The Hall–Kier alpha value is -1.06. The SMILES string of the molecule is CCN(C)/C=N/c1cc2c(cc1Cl)C1(CCCCC1)OCC2. The maximum atomic E-state index is 6.50. The molecule has 0 bridgehead atoms. The molecule has 0 N–H and O–H groups in total. The highest BCUT2D eigenvalue weighted by molar-refractivity contribution is 6.33. The van der Waals surface area contributed by atoms with Gasteiger partial charge in [0.05, 0.1) is 29.3 Å². The molecule has 3 nitrogen and oxygen atoms in total. The van der Waals surface area contributed by atoms with Gasteiger partial charge in [0.25, 0.3) is 0 Å². The molecule has 0 saturated heterocycles. The van der Waals surface area contributed by atoms with Gasteiger partial charge in [-0.1, -0.05) is 30.9 Å². The van der Waals surface area contributed by atoms with Gasteiger partial charge < -0.3 is 9.64 Å².